The summed E-state index contributed by atoms with van der Waals surface area (Å²) < 4.78 is 7.30. The van der Waals surface area contributed by atoms with Crippen LogP contribution in [0.4, 0.5) is 5.82 Å². The number of rotatable bonds is 3. The second-order valence-electron chi connectivity index (χ2n) is 3.92. The van der Waals surface area contributed by atoms with Crippen LogP contribution in [0.25, 0.3) is 0 Å². The van der Waals surface area contributed by atoms with Crippen molar-refractivity contribution in [3.05, 3.63) is 40.5 Å². The number of nitrogens with two attached hydrogens (primary N) is 1. The van der Waals surface area contributed by atoms with Crippen molar-refractivity contribution in [3.63, 3.8) is 0 Å². The first kappa shape index (κ1) is 11.8. The Kier molecular flexibility index (Phi) is 3.24. The maximum atomic E-state index is 6.03. The predicted molar refractivity (Wildman–Crippen MR) is 68.2 cm³/mol. The zero-order valence-corrected chi connectivity index (χ0v) is 10.5. The number of aryl methyl sites for hydroxylation is 2. The number of halogens is 1. The van der Waals surface area contributed by atoms with Crippen molar-refractivity contribution in [2.24, 2.45) is 0 Å². The maximum Gasteiger partial charge on any atom is 0.181 e. The van der Waals surface area contributed by atoms with Gasteiger partial charge in [0.1, 0.15) is 11.6 Å². The van der Waals surface area contributed by atoms with Gasteiger partial charge in [0.25, 0.3) is 0 Å². The van der Waals surface area contributed by atoms with Crippen LogP contribution in [0, 0.1) is 13.8 Å². The van der Waals surface area contributed by atoms with Crippen LogP contribution in [0.1, 0.15) is 11.3 Å². The van der Waals surface area contributed by atoms with Crippen LogP contribution < -0.4 is 10.5 Å². The van der Waals surface area contributed by atoms with Gasteiger partial charge in [-0.3, -0.25) is 0 Å². The summed E-state index contributed by atoms with van der Waals surface area (Å²) in [6.07, 6.45) is 0. The summed E-state index contributed by atoms with van der Waals surface area (Å²) in [5.74, 6) is 1.14. The standard InChI is InChI=1S/C12H14ClN3O/c1-8-3-4-10(13)11(5-8)17-7-16-9(2)6-12(14)15-16/h3-6H,7H2,1-2H3,(H2,14,15). The van der Waals surface area contributed by atoms with Crippen LogP contribution in [0.15, 0.2) is 24.3 Å². The summed E-state index contributed by atoms with van der Waals surface area (Å²) >= 11 is 6.03. The fourth-order valence-corrected chi connectivity index (χ4v) is 1.69. The molecule has 17 heavy (non-hydrogen) atoms. The Hall–Kier alpha value is -1.68. The molecule has 0 aliphatic rings. The van der Waals surface area contributed by atoms with Crippen molar-refractivity contribution in [1.29, 1.82) is 0 Å². The summed E-state index contributed by atoms with van der Waals surface area (Å²) in [6.45, 7) is 4.21. The van der Waals surface area contributed by atoms with Crippen molar-refractivity contribution >= 4 is 17.4 Å². The number of benzene rings is 1. The lowest BCUT2D eigenvalue weighted by Crippen LogP contribution is -2.09. The smallest absolute Gasteiger partial charge is 0.181 e. The van der Waals surface area contributed by atoms with E-state index in [1.807, 2.05) is 32.0 Å². The SMILES string of the molecule is Cc1ccc(Cl)c(OCn2nc(N)cc2C)c1. The molecule has 90 valence electrons. The first-order valence-electron chi connectivity index (χ1n) is 5.25. The van der Waals surface area contributed by atoms with Crippen molar-refractivity contribution in [2.75, 3.05) is 5.73 Å². The molecule has 0 spiro atoms. The summed E-state index contributed by atoms with van der Waals surface area (Å²) in [4.78, 5) is 0. The van der Waals surface area contributed by atoms with E-state index < -0.39 is 0 Å². The zero-order chi connectivity index (χ0) is 12.4. The van der Waals surface area contributed by atoms with Gasteiger partial charge in [-0.1, -0.05) is 17.7 Å². The van der Waals surface area contributed by atoms with Crippen LogP contribution in [-0.4, -0.2) is 9.78 Å². The molecule has 0 aliphatic heterocycles. The largest absolute Gasteiger partial charge is 0.470 e. The van der Waals surface area contributed by atoms with Gasteiger partial charge < -0.3 is 10.5 Å². The molecule has 1 aromatic heterocycles. The third kappa shape index (κ3) is 2.71. The number of hydrogen-bond acceptors (Lipinski definition) is 3. The molecule has 4 nitrogen and oxygen atoms in total. The quantitative estimate of drug-likeness (QED) is 0.913. The molecule has 2 N–H and O–H groups in total. The molecule has 0 fully saturated rings. The van der Waals surface area contributed by atoms with Crippen LogP contribution in [-0.2, 0) is 6.73 Å². The summed E-state index contributed by atoms with van der Waals surface area (Å²) in [7, 11) is 0. The normalized spacial score (nSPS) is 10.5. The van der Waals surface area contributed by atoms with E-state index in [4.69, 9.17) is 22.1 Å². The topological polar surface area (TPSA) is 53.1 Å². The van der Waals surface area contributed by atoms with Gasteiger partial charge >= 0.3 is 0 Å². The Bertz CT molecular complexity index is 537. The third-order valence-corrected chi connectivity index (χ3v) is 2.74. The van der Waals surface area contributed by atoms with Gasteiger partial charge in [0.2, 0.25) is 0 Å². The van der Waals surface area contributed by atoms with Crippen molar-refractivity contribution in [2.45, 2.75) is 20.6 Å². The van der Waals surface area contributed by atoms with E-state index in [1.165, 1.54) is 0 Å². The predicted octanol–water partition coefficient (Wildman–Crippen LogP) is 2.77. The Labute approximate surface area is 105 Å². The molecule has 0 radical (unpaired) electrons. The molecular formula is C12H14ClN3O. The highest BCUT2D eigenvalue weighted by atomic mass is 35.5. The van der Waals surface area contributed by atoms with E-state index in [2.05, 4.69) is 5.10 Å². The number of hydrogen-bond donors (Lipinski definition) is 1. The summed E-state index contributed by atoms with van der Waals surface area (Å²) in [6, 6.07) is 7.44. The van der Waals surface area contributed by atoms with Gasteiger partial charge in [0, 0.05) is 11.8 Å². The maximum absolute atomic E-state index is 6.03. The number of nitrogen functional groups attached to an aromatic ring is 1. The van der Waals surface area contributed by atoms with Gasteiger partial charge in [-0.05, 0) is 31.5 Å². The Morgan fingerprint density at radius 1 is 1.35 bits per heavy atom. The average Bonchev–Trinajstić information content (AvgIpc) is 2.59. The van der Waals surface area contributed by atoms with E-state index in [1.54, 1.807) is 10.7 Å². The van der Waals surface area contributed by atoms with Crippen molar-refractivity contribution in [3.8, 4) is 5.75 Å². The molecule has 5 heteroatoms. The summed E-state index contributed by atoms with van der Waals surface area (Å²) in [5.41, 5.74) is 7.64. The molecular weight excluding hydrogens is 238 g/mol. The molecule has 2 aromatic rings. The highest BCUT2D eigenvalue weighted by Crippen LogP contribution is 2.25. The van der Waals surface area contributed by atoms with Crippen LogP contribution >= 0.6 is 11.6 Å². The lowest BCUT2D eigenvalue weighted by atomic mass is 10.2. The van der Waals surface area contributed by atoms with Gasteiger partial charge in [-0.25, -0.2) is 4.68 Å². The van der Waals surface area contributed by atoms with E-state index in [0.29, 0.717) is 23.3 Å². The lowest BCUT2D eigenvalue weighted by molar-refractivity contribution is 0.218. The van der Waals surface area contributed by atoms with Gasteiger partial charge in [0.05, 0.1) is 5.02 Å². The first-order valence-corrected chi connectivity index (χ1v) is 5.63. The highest BCUT2D eigenvalue weighted by Gasteiger charge is 2.04. The van der Waals surface area contributed by atoms with Gasteiger partial charge in [0.15, 0.2) is 6.73 Å². The van der Waals surface area contributed by atoms with Crippen molar-refractivity contribution < 1.29 is 4.74 Å². The van der Waals surface area contributed by atoms with Crippen LogP contribution in [0.3, 0.4) is 0 Å². The molecule has 0 unspecified atom stereocenters. The Morgan fingerprint density at radius 2 is 2.12 bits per heavy atom. The molecule has 0 atom stereocenters. The molecule has 1 heterocycles. The van der Waals surface area contributed by atoms with Gasteiger partial charge in [-0.15, -0.1) is 0 Å². The summed E-state index contributed by atoms with van der Waals surface area (Å²) in [5, 5.41) is 4.69. The van der Waals surface area contributed by atoms with E-state index in [9.17, 15) is 0 Å². The van der Waals surface area contributed by atoms with E-state index in [-0.39, 0.29) is 0 Å². The number of ether oxygens (including phenoxy) is 1. The van der Waals surface area contributed by atoms with Crippen LogP contribution in [0.2, 0.25) is 5.02 Å². The first-order chi connectivity index (χ1) is 8.06. The molecule has 0 aliphatic carbocycles. The second-order valence-corrected chi connectivity index (χ2v) is 4.32. The molecule has 2 rings (SSSR count). The minimum Gasteiger partial charge on any atom is -0.470 e. The van der Waals surface area contributed by atoms with E-state index >= 15 is 0 Å². The molecule has 0 bridgehead atoms. The van der Waals surface area contributed by atoms with E-state index in [0.717, 1.165) is 11.3 Å². The number of nitrogens with zero attached hydrogens (tertiary/aromatic N) is 2. The number of aromatic nitrogens is 2. The fourth-order valence-electron chi connectivity index (χ4n) is 1.52. The minimum absolute atomic E-state index is 0.298. The highest BCUT2D eigenvalue weighted by molar-refractivity contribution is 6.32. The van der Waals surface area contributed by atoms with Gasteiger partial charge in [-0.2, -0.15) is 5.10 Å². The Morgan fingerprint density at radius 3 is 2.76 bits per heavy atom. The molecule has 0 amide bonds. The molecule has 1 aromatic carbocycles. The van der Waals surface area contributed by atoms with Crippen molar-refractivity contribution in [1.82, 2.24) is 9.78 Å². The fraction of sp³-hybridized carbons (Fsp3) is 0.250. The average molecular weight is 252 g/mol. The zero-order valence-electron chi connectivity index (χ0n) is 9.77. The molecule has 0 saturated heterocycles. The minimum atomic E-state index is 0.298. The Balaban J connectivity index is 2.12. The number of anilines is 1. The monoisotopic (exact) mass is 251 g/mol. The second kappa shape index (κ2) is 4.67. The third-order valence-electron chi connectivity index (χ3n) is 2.43. The van der Waals surface area contributed by atoms with Crippen LogP contribution in [0.5, 0.6) is 5.75 Å². The lowest BCUT2D eigenvalue weighted by Gasteiger charge is -2.09. The molecule has 0 saturated carbocycles.